The SMILES string of the molecule is O=S(O)c1ccc(OCCN2CCCC2)cc1. The van der Waals surface area contributed by atoms with Crippen LogP contribution in [0.15, 0.2) is 29.2 Å². The van der Waals surface area contributed by atoms with Crippen LogP contribution in [0.3, 0.4) is 0 Å². The summed E-state index contributed by atoms with van der Waals surface area (Å²) >= 11 is -1.91. The molecule has 4 nitrogen and oxygen atoms in total. The summed E-state index contributed by atoms with van der Waals surface area (Å²) < 4.78 is 25.2. The highest BCUT2D eigenvalue weighted by Crippen LogP contribution is 2.14. The van der Waals surface area contributed by atoms with E-state index in [-0.39, 0.29) is 0 Å². The van der Waals surface area contributed by atoms with E-state index < -0.39 is 11.1 Å². The van der Waals surface area contributed by atoms with Crippen LogP contribution in [-0.2, 0) is 11.1 Å². The molecule has 0 aliphatic carbocycles. The van der Waals surface area contributed by atoms with Gasteiger partial charge in [0.05, 0.1) is 4.90 Å². The van der Waals surface area contributed by atoms with E-state index in [1.54, 1.807) is 24.3 Å². The first-order valence-electron chi connectivity index (χ1n) is 5.82. The largest absolute Gasteiger partial charge is 0.492 e. The molecular weight excluding hydrogens is 238 g/mol. The fraction of sp³-hybridized carbons (Fsp3) is 0.500. The molecule has 0 radical (unpaired) electrons. The molecule has 1 heterocycles. The fourth-order valence-electron chi connectivity index (χ4n) is 1.95. The first-order chi connectivity index (χ1) is 8.25. The van der Waals surface area contributed by atoms with Crippen molar-refractivity contribution in [2.24, 2.45) is 0 Å². The second-order valence-corrected chi connectivity index (χ2v) is 5.09. The standard InChI is InChI=1S/C12H17NO3S/c14-17(15)12-5-3-11(4-6-12)16-10-9-13-7-1-2-8-13/h3-6H,1-2,7-10H2,(H,14,15). The van der Waals surface area contributed by atoms with Gasteiger partial charge in [-0.25, -0.2) is 4.21 Å². The lowest BCUT2D eigenvalue weighted by Gasteiger charge is -2.14. The number of nitrogens with zero attached hydrogens (tertiary/aromatic N) is 1. The maximum absolute atomic E-state index is 10.8. The summed E-state index contributed by atoms with van der Waals surface area (Å²) in [5.74, 6) is 0.749. The van der Waals surface area contributed by atoms with Gasteiger partial charge >= 0.3 is 0 Å². The van der Waals surface area contributed by atoms with E-state index >= 15 is 0 Å². The number of rotatable bonds is 5. The predicted octanol–water partition coefficient (Wildman–Crippen LogP) is 1.74. The average Bonchev–Trinajstić information content (AvgIpc) is 2.83. The van der Waals surface area contributed by atoms with Crippen LogP contribution in [0.25, 0.3) is 0 Å². The molecule has 1 aromatic carbocycles. The summed E-state index contributed by atoms with van der Waals surface area (Å²) in [6.07, 6.45) is 2.58. The zero-order valence-electron chi connectivity index (χ0n) is 9.67. The predicted molar refractivity (Wildman–Crippen MR) is 66.6 cm³/mol. The van der Waals surface area contributed by atoms with E-state index in [4.69, 9.17) is 9.29 Å². The zero-order valence-corrected chi connectivity index (χ0v) is 10.5. The van der Waals surface area contributed by atoms with Gasteiger partial charge in [0.2, 0.25) is 0 Å². The summed E-state index contributed by atoms with van der Waals surface area (Å²) in [6, 6.07) is 6.68. The molecule has 1 N–H and O–H groups in total. The molecule has 94 valence electrons. The lowest BCUT2D eigenvalue weighted by Crippen LogP contribution is -2.25. The molecular formula is C12H17NO3S. The van der Waals surface area contributed by atoms with Gasteiger partial charge in [-0.2, -0.15) is 0 Å². The highest BCUT2D eigenvalue weighted by molar-refractivity contribution is 7.79. The Hall–Kier alpha value is -0.910. The van der Waals surface area contributed by atoms with E-state index in [0.29, 0.717) is 11.5 Å². The molecule has 0 amide bonds. The van der Waals surface area contributed by atoms with Gasteiger partial charge in [0.15, 0.2) is 11.1 Å². The van der Waals surface area contributed by atoms with Crippen molar-refractivity contribution in [1.82, 2.24) is 4.90 Å². The lowest BCUT2D eigenvalue weighted by molar-refractivity contribution is 0.237. The molecule has 1 saturated heterocycles. The van der Waals surface area contributed by atoms with Crippen LogP contribution >= 0.6 is 0 Å². The summed E-state index contributed by atoms with van der Waals surface area (Å²) in [5, 5.41) is 0. The maximum Gasteiger partial charge on any atom is 0.186 e. The Labute approximate surface area is 104 Å². The second kappa shape index (κ2) is 6.14. The van der Waals surface area contributed by atoms with Crippen molar-refractivity contribution in [3.05, 3.63) is 24.3 Å². The van der Waals surface area contributed by atoms with Crippen molar-refractivity contribution in [2.45, 2.75) is 17.7 Å². The first-order valence-corrected chi connectivity index (χ1v) is 6.92. The summed E-state index contributed by atoms with van der Waals surface area (Å²) in [6.45, 7) is 3.97. The van der Waals surface area contributed by atoms with Crippen molar-refractivity contribution in [2.75, 3.05) is 26.2 Å². The minimum Gasteiger partial charge on any atom is -0.492 e. The third kappa shape index (κ3) is 3.80. The Balaban J connectivity index is 1.76. The third-order valence-corrected chi connectivity index (χ3v) is 3.58. The number of hydrogen-bond acceptors (Lipinski definition) is 3. The van der Waals surface area contributed by atoms with Gasteiger partial charge in [0.1, 0.15) is 12.4 Å². The molecule has 0 aromatic heterocycles. The van der Waals surface area contributed by atoms with Crippen LogP contribution in [0.4, 0.5) is 0 Å². The molecule has 1 aliphatic rings. The van der Waals surface area contributed by atoms with Crippen LogP contribution in [0, 0.1) is 0 Å². The van der Waals surface area contributed by atoms with Crippen molar-refractivity contribution in [3.8, 4) is 5.75 Å². The molecule has 5 heteroatoms. The summed E-state index contributed by atoms with van der Waals surface area (Å²) in [5.41, 5.74) is 0. The van der Waals surface area contributed by atoms with Gasteiger partial charge in [-0.3, -0.25) is 4.90 Å². The van der Waals surface area contributed by atoms with E-state index in [0.717, 1.165) is 12.3 Å². The molecule has 0 bridgehead atoms. The monoisotopic (exact) mass is 255 g/mol. The van der Waals surface area contributed by atoms with Crippen molar-refractivity contribution >= 4 is 11.1 Å². The maximum atomic E-state index is 10.8. The Morgan fingerprint density at radius 1 is 1.24 bits per heavy atom. The summed E-state index contributed by atoms with van der Waals surface area (Å²) in [4.78, 5) is 2.79. The summed E-state index contributed by atoms with van der Waals surface area (Å²) in [7, 11) is 0. The highest BCUT2D eigenvalue weighted by Gasteiger charge is 2.10. The van der Waals surface area contributed by atoms with Gasteiger partial charge in [-0.05, 0) is 50.2 Å². The van der Waals surface area contributed by atoms with Gasteiger partial charge in [-0.1, -0.05) is 0 Å². The molecule has 1 atom stereocenters. The zero-order chi connectivity index (χ0) is 12.1. The normalized spacial score (nSPS) is 18.2. The minimum atomic E-state index is -1.91. The molecule has 2 rings (SSSR count). The highest BCUT2D eigenvalue weighted by atomic mass is 32.2. The van der Waals surface area contributed by atoms with E-state index in [9.17, 15) is 4.21 Å². The van der Waals surface area contributed by atoms with Crippen LogP contribution in [0.1, 0.15) is 12.8 Å². The number of ether oxygens (including phenoxy) is 1. The van der Waals surface area contributed by atoms with Crippen LogP contribution in [0.2, 0.25) is 0 Å². The first kappa shape index (κ1) is 12.5. The fourth-order valence-corrected chi connectivity index (χ4v) is 2.32. The smallest absolute Gasteiger partial charge is 0.186 e. The average molecular weight is 255 g/mol. The third-order valence-electron chi connectivity index (χ3n) is 2.90. The van der Waals surface area contributed by atoms with Crippen LogP contribution in [-0.4, -0.2) is 39.9 Å². The van der Waals surface area contributed by atoms with Crippen molar-refractivity contribution in [1.29, 1.82) is 0 Å². The number of likely N-dealkylation sites (tertiary alicyclic amines) is 1. The molecule has 1 fully saturated rings. The molecule has 17 heavy (non-hydrogen) atoms. The quantitative estimate of drug-likeness (QED) is 0.814. The van der Waals surface area contributed by atoms with Crippen LogP contribution < -0.4 is 4.74 Å². The van der Waals surface area contributed by atoms with Gasteiger partial charge in [-0.15, -0.1) is 0 Å². The van der Waals surface area contributed by atoms with Gasteiger partial charge in [0.25, 0.3) is 0 Å². The lowest BCUT2D eigenvalue weighted by atomic mass is 10.3. The Morgan fingerprint density at radius 3 is 2.47 bits per heavy atom. The van der Waals surface area contributed by atoms with E-state index in [2.05, 4.69) is 4.90 Å². The molecule has 1 aliphatic heterocycles. The Kier molecular flexibility index (Phi) is 4.53. The van der Waals surface area contributed by atoms with E-state index in [1.807, 2.05) is 0 Å². The molecule has 1 unspecified atom stereocenters. The topological polar surface area (TPSA) is 49.8 Å². The van der Waals surface area contributed by atoms with Crippen molar-refractivity contribution < 1.29 is 13.5 Å². The minimum absolute atomic E-state index is 0.400. The number of benzene rings is 1. The molecule has 0 spiro atoms. The Morgan fingerprint density at radius 2 is 1.88 bits per heavy atom. The van der Waals surface area contributed by atoms with Gasteiger partial charge in [0, 0.05) is 6.54 Å². The van der Waals surface area contributed by atoms with Crippen molar-refractivity contribution in [3.63, 3.8) is 0 Å². The van der Waals surface area contributed by atoms with Crippen LogP contribution in [0.5, 0.6) is 5.75 Å². The van der Waals surface area contributed by atoms with E-state index in [1.165, 1.54) is 25.9 Å². The Bertz CT molecular complexity index is 374. The molecule has 1 aromatic rings. The second-order valence-electron chi connectivity index (χ2n) is 4.12. The number of hydrogen-bond donors (Lipinski definition) is 1. The van der Waals surface area contributed by atoms with Gasteiger partial charge < -0.3 is 9.29 Å². The molecule has 0 saturated carbocycles.